The summed E-state index contributed by atoms with van der Waals surface area (Å²) < 4.78 is 5.39. The number of furan rings is 1. The lowest BCUT2D eigenvalue weighted by atomic mass is 10.1. The Morgan fingerprint density at radius 2 is 1.86 bits per heavy atom. The summed E-state index contributed by atoms with van der Waals surface area (Å²) in [6.45, 7) is 8.26. The predicted octanol–water partition coefficient (Wildman–Crippen LogP) is 3.49. The first kappa shape index (κ1) is 21.4. The topological polar surface area (TPSA) is 79.5 Å². The summed E-state index contributed by atoms with van der Waals surface area (Å²) in [4.78, 5) is 38.2. The van der Waals surface area contributed by atoms with E-state index in [1.807, 2.05) is 18.1 Å². The Morgan fingerprint density at radius 1 is 1.17 bits per heavy atom. The lowest BCUT2D eigenvalue weighted by molar-refractivity contribution is -0.132. The molecule has 7 nitrogen and oxygen atoms in total. The number of piperazine rings is 1. The Balaban J connectivity index is 1.70. The largest absolute Gasteiger partial charge is 0.461 e. The van der Waals surface area contributed by atoms with Gasteiger partial charge in [-0.1, -0.05) is 13.8 Å². The van der Waals surface area contributed by atoms with Gasteiger partial charge >= 0.3 is 0 Å². The van der Waals surface area contributed by atoms with Crippen molar-refractivity contribution in [2.75, 3.05) is 32.4 Å². The molecule has 1 saturated heterocycles. The zero-order valence-electron chi connectivity index (χ0n) is 17.5. The standard InChI is InChI=1S/C21H28N4O3S/c1-14(2)7-8-17(26)24-9-11-25(12-10-24)21(27)18-15(3)22-19(23-20(18)29-4)16-6-5-13-28-16/h5-6,13-14H,7-12H2,1-4H3. The first-order valence-corrected chi connectivity index (χ1v) is 11.2. The van der Waals surface area contributed by atoms with Gasteiger partial charge in [-0.2, -0.15) is 0 Å². The molecule has 8 heteroatoms. The highest BCUT2D eigenvalue weighted by Gasteiger charge is 2.28. The number of aromatic nitrogens is 2. The highest BCUT2D eigenvalue weighted by atomic mass is 32.2. The average molecular weight is 417 g/mol. The van der Waals surface area contributed by atoms with Crippen LogP contribution in [0.3, 0.4) is 0 Å². The summed E-state index contributed by atoms with van der Waals surface area (Å²) in [5.74, 6) is 1.67. The Hall–Kier alpha value is -2.35. The minimum Gasteiger partial charge on any atom is -0.461 e. The van der Waals surface area contributed by atoms with Gasteiger partial charge in [0.1, 0.15) is 5.03 Å². The molecule has 1 fully saturated rings. The third kappa shape index (κ3) is 4.98. The van der Waals surface area contributed by atoms with Gasteiger partial charge in [-0.25, -0.2) is 9.97 Å². The molecule has 0 unspecified atom stereocenters. The van der Waals surface area contributed by atoms with Crippen molar-refractivity contribution in [3.63, 3.8) is 0 Å². The molecule has 1 aliphatic heterocycles. The minimum absolute atomic E-state index is 0.0767. The van der Waals surface area contributed by atoms with Gasteiger partial charge in [0.05, 0.1) is 17.5 Å². The molecule has 29 heavy (non-hydrogen) atoms. The van der Waals surface area contributed by atoms with Crippen molar-refractivity contribution in [1.82, 2.24) is 19.8 Å². The smallest absolute Gasteiger partial charge is 0.258 e. The van der Waals surface area contributed by atoms with Crippen molar-refractivity contribution in [3.8, 4) is 11.6 Å². The van der Waals surface area contributed by atoms with Crippen molar-refractivity contribution in [1.29, 1.82) is 0 Å². The molecule has 2 aromatic heterocycles. The van der Waals surface area contributed by atoms with Crippen LogP contribution in [0.15, 0.2) is 27.8 Å². The molecule has 156 valence electrons. The molecule has 0 bridgehead atoms. The second-order valence-corrected chi connectivity index (χ2v) is 8.39. The van der Waals surface area contributed by atoms with Crippen LogP contribution in [0.4, 0.5) is 0 Å². The van der Waals surface area contributed by atoms with Gasteiger partial charge in [-0.3, -0.25) is 9.59 Å². The maximum atomic E-state index is 13.2. The molecule has 0 spiro atoms. The first-order chi connectivity index (χ1) is 13.9. The Kier molecular flexibility index (Phi) is 6.95. The van der Waals surface area contributed by atoms with Crippen molar-refractivity contribution < 1.29 is 14.0 Å². The normalized spacial score (nSPS) is 14.5. The fourth-order valence-electron chi connectivity index (χ4n) is 3.34. The summed E-state index contributed by atoms with van der Waals surface area (Å²) in [6.07, 6.45) is 4.95. The van der Waals surface area contributed by atoms with Crippen LogP contribution in [-0.2, 0) is 4.79 Å². The second kappa shape index (κ2) is 9.43. The number of nitrogens with zero attached hydrogens (tertiary/aromatic N) is 4. The third-order valence-corrected chi connectivity index (χ3v) is 5.74. The zero-order chi connectivity index (χ0) is 21.0. The van der Waals surface area contributed by atoms with E-state index in [-0.39, 0.29) is 11.8 Å². The van der Waals surface area contributed by atoms with E-state index in [1.165, 1.54) is 11.8 Å². The van der Waals surface area contributed by atoms with Gasteiger partial charge in [0.15, 0.2) is 11.6 Å². The van der Waals surface area contributed by atoms with Crippen molar-refractivity contribution >= 4 is 23.6 Å². The predicted molar refractivity (Wildman–Crippen MR) is 113 cm³/mol. The fourth-order valence-corrected chi connectivity index (χ4v) is 3.96. The number of hydrogen-bond acceptors (Lipinski definition) is 6. The molecule has 1 aliphatic rings. The minimum atomic E-state index is -0.0767. The summed E-state index contributed by atoms with van der Waals surface area (Å²) in [5, 5.41) is 0.643. The molecule has 3 rings (SSSR count). The number of amides is 2. The fraction of sp³-hybridized carbons (Fsp3) is 0.524. The van der Waals surface area contributed by atoms with E-state index >= 15 is 0 Å². The van der Waals surface area contributed by atoms with E-state index in [9.17, 15) is 9.59 Å². The molecule has 0 aromatic carbocycles. The number of rotatable bonds is 6. The molecule has 2 aromatic rings. The van der Waals surface area contributed by atoms with E-state index < -0.39 is 0 Å². The Bertz CT molecular complexity index is 859. The average Bonchev–Trinajstić information content (AvgIpc) is 3.26. The maximum absolute atomic E-state index is 13.2. The van der Waals surface area contributed by atoms with Crippen LogP contribution in [0, 0.1) is 12.8 Å². The first-order valence-electron chi connectivity index (χ1n) is 9.94. The van der Waals surface area contributed by atoms with Gasteiger partial charge in [0.25, 0.3) is 5.91 Å². The quantitative estimate of drug-likeness (QED) is 0.530. The van der Waals surface area contributed by atoms with Crippen molar-refractivity contribution in [3.05, 3.63) is 29.7 Å². The van der Waals surface area contributed by atoms with Gasteiger partial charge in [-0.15, -0.1) is 11.8 Å². The Labute approximate surface area is 175 Å². The van der Waals surface area contributed by atoms with E-state index in [2.05, 4.69) is 23.8 Å². The van der Waals surface area contributed by atoms with Crippen LogP contribution in [0.2, 0.25) is 0 Å². The highest BCUT2D eigenvalue weighted by molar-refractivity contribution is 7.98. The second-order valence-electron chi connectivity index (χ2n) is 7.60. The third-order valence-electron chi connectivity index (χ3n) is 5.06. The lowest BCUT2D eigenvalue weighted by Gasteiger charge is -2.35. The van der Waals surface area contributed by atoms with Gasteiger partial charge in [0, 0.05) is 32.6 Å². The molecule has 0 N–H and O–H groups in total. The van der Waals surface area contributed by atoms with E-state index in [4.69, 9.17) is 4.42 Å². The van der Waals surface area contributed by atoms with E-state index in [0.717, 1.165) is 6.42 Å². The summed E-state index contributed by atoms with van der Waals surface area (Å²) in [5.41, 5.74) is 1.17. The number of carbonyl (C=O) groups excluding carboxylic acids is 2. The summed E-state index contributed by atoms with van der Waals surface area (Å²) in [7, 11) is 0. The van der Waals surface area contributed by atoms with Crippen LogP contribution in [-0.4, -0.2) is 64.0 Å². The Morgan fingerprint density at radius 3 is 2.45 bits per heavy atom. The number of thioether (sulfide) groups is 1. The molecule has 0 aliphatic carbocycles. The van der Waals surface area contributed by atoms with Crippen LogP contribution < -0.4 is 0 Å². The highest BCUT2D eigenvalue weighted by Crippen LogP contribution is 2.26. The number of carbonyl (C=O) groups is 2. The van der Waals surface area contributed by atoms with Crippen molar-refractivity contribution in [2.24, 2.45) is 5.92 Å². The lowest BCUT2D eigenvalue weighted by Crippen LogP contribution is -2.50. The van der Waals surface area contributed by atoms with Crippen LogP contribution >= 0.6 is 11.8 Å². The van der Waals surface area contributed by atoms with E-state index in [1.54, 1.807) is 23.3 Å². The van der Waals surface area contributed by atoms with Gasteiger partial charge < -0.3 is 14.2 Å². The molecule has 2 amide bonds. The SMILES string of the molecule is CSc1nc(-c2ccco2)nc(C)c1C(=O)N1CCN(C(=O)CCC(C)C)CC1. The molecular weight excluding hydrogens is 388 g/mol. The number of aryl methyl sites for hydroxylation is 1. The van der Waals surface area contributed by atoms with Gasteiger partial charge in [-0.05, 0) is 37.7 Å². The molecule has 0 atom stereocenters. The zero-order valence-corrected chi connectivity index (χ0v) is 18.3. The summed E-state index contributed by atoms with van der Waals surface area (Å²) >= 11 is 1.42. The molecule has 3 heterocycles. The maximum Gasteiger partial charge on any atom is 0.258 e. The summed E-state index contributed by atoms with van der Waals surface area (Å²) in [6, 6.07) is 3.59. The molecule has 0 saturated carbocycles. The van der Waals surface area contributed by atoms with Gasteiger partial charge in [0.2, 0.25) is 5.91 Å². The number of hydrogen-bond donors (Lipinski definition) is 0. The van der Waals surface area contributed by atoms with Crippen molar-refractivity contribution in [2.45, 2.75) is 38.6 Å². The van der Waals surface area contributed by atoms with Crippen LogP contribution in [0.25, 0.3) is 11.6 Å². The molecule has 0 radical (unpaired) electrons. The van der Waals surface area contributed by atoms with Crippen LogP contribution in [0.1, 0.15) is 42.7 Å². The molecular formula is C21H28N4O3S. The van der Waals surface area contributed by atoms with E-state index in [0.29, 0.717) is 66.4 Å². The monoisotopic (exact) mass is 416 g/mol. The van der Waals surface area contributed by atoms with Crippen LogP contribution in [0.5, 0.6) is 0 Å².